The molecule has 5 aliphatic heterocycles. The lowest BCUT2D eigenvalue weighted by Crippen LogP contribution is -2.43. The fraction of sp³-hybridized carbons (Fsp3) is 0.581. The van der Waals surface area contributed by atoms with Crippen LogP contribution in [0, 0.1) is 25.7 Å². The van der Waals surface area contributed by atoms with Crippen molar-refractivity contribution in [2.75, 3.05) is 97.6 Å². The number of aliphatic hydroxyl groups is 2. The van der Waals surface area contributed by atoms with Crippen LogP contribution in [0.3, 0.4) is 0 Å². The second-order valence-electron chi connectivity index (χ2n) is 23.6. The maximum absolute atomic E-state index is 12.7. The van der Waals surface area contributed by atoms with Crippen LogP contribution >= 0.6 is 11.6 Å². The van der Waals surface area contributed by atoms with E-state index in [1.54, 1.807) is 42.5 Å². The van der Waals surface area contributed by atoms with Gasteiger partial charge in [0, 0.05) is 94.7 Å². The third kappa shape index (κ3) is 22.7. The Labute approximate surface area is 528 Å². The van der Waals surface area contributed by atoms with E-state index in [0.717, 1.165) is 48.6 Å². The number of hydrogen-bond donors (Lipinski definition) is 6. The minimum absolute atomic E-state index is 0.0595. The molecule has 4 aromatic rings. The van der Waals surface area contributed by atoms with E-state index < -0.39 is 79.6 Å². The van der Waals surface area contributed by atoms with E-state index in [1.807, 2.05) is 81.4 Å². The van der Waals surface area contributed by atoms with Gasteiger partial charge in [0.25, 0.3) is 0 Å². The highest BCUT2D eigenvalue weighted by molar-refractivity contribution is 6.62. The van der Waals surface area contributed by atoms with Crippen LogP contribution < -0.4 is 37.4 Å². The van der Waals surface area contributed by atoms with Gasteiger partial charge in [-0.25, -0.2) is 19.6 Å². The Morgan fingerprint density at radius 2 is 1.07 bits per heavy atom. The lowest BCUT2D eigenvalue weighted by atomic mass is 9.76. The van der Waals surface area contributed by atoms with Gasteiger partial charge in [-0.2, -0.15) is 26.3 Å². The first-order valence-electron chi connectivity index (χ1n) is 30.3. The monoisotopic (exact) mass is 1290 g/mol. The molecule has 90 heavy (non-hydrogen) atoms. The molecule has 5 saturated heterocycles. The van der Waals surface area contributed by atoms with Crippen LogP contribution in [0.15, 0.2) is 60.7 Å². The standard InChI is InChI=1S/C24H28F3N5O3.C20H28BF3N2O3.C10H12ClN3O2.2C4H10O/c1-14-2-3-17(29-23(35)31-7-6-15(12-31)11-24(25,26)27)10-19(14)16-8-20(28)30-21(9-16)32-13-18(33)4-5-22(32)34;1-13-6-7-15(10-16(13)21-28-18(2,3)19(4,5)29-21)25-17(27)26-9-8-14(12-26)11-20(22,23)24;11-6-3-8(12)13-9(4-6)14-5-7(15)1-2-10(14)16;2*1-3-5-4-2/h2-3,8-10,15,18,33H,4-7,11-13H2,1H3,(H2,28,30)(H,29,35);6-7,10,14H,8-9,11-12H2,1-5H3,(H,25,27);3-4,7,15H,1-2,5H2,(H2,12,13);2*3-4H2,1-2H3/t15-,18?;14-;;;/m00.../s1. The second-order valence-corrected chi connectivity index (χ2v) is 24.0. The number of aliphatic hydroxyl groups excluding tert-OH is 2. The van der Waals surface area contributed by atoms with Crippen molar-refractivity contribution < 1.29 is 74.5 Å². The number of carbonyl (C=O) groups excluding carboxylic acids is 4. The number of hydrogen-bond acceptors (Lipinski definition) is 14. The van der Waals surface area contributed by atoms with Crippen molar-refractivity contribution in [1.29, 1.82) is 0 Å². The van der Waals surface area contributed by atoms with Crippen LogP contribution in [0.4, 0.5) is 70.6 Å². The van der Waals surface area contributed by atoms with Crippen molar-refractivity contribution >= 4 is 82.7 Å². The molecule has 498 valence electrons. The van der Waals surface area contributed by atoms with E-state index in [0.29, 0.717) is 72.2 Å². The topological polar surface area (TPSA) is 260 Å². The van der Waals surface area contributed by atoms with E-state index in [9.17, 15) is 55.7 Å². The van der Waals surface area contributed by atoms with E-state index in [2.05, 4.69) is 20.6 Å². The summed E-state index contributed by atoms with van der Waals surface area (Å²) >= 11 is 5.83. The van der Waals surface area contributed by atoms with Crippen molar-refractivity contribution in [3.63, 3.8) is 0 Å². The predicted octanol–water partition coefficient (Wildman–Crippen LogP) is 10.9. The zero-order valence-corrected chi connectivity index (χ0v) is 53.8. The predicted molar refractivity (Wildman–Crippen MR) is 338 cm³/mol. The number of urea groups is 2. The number of benzene rings is 2. The maximum atomic E-state index is 12.7. The van der Waals surface area contributed by atoms with Crippen LogP contribution in [-0.4, -0.2) is 162 Å². The number of carbonyl (C=O) groups is 4. The minimum atomic E-state index is -4.24. The lowest BCUT2D eigenvalue weighted by molar-refractivity contribution is -0.144. The number of nitrogens with one attached hydrogen (secondary N) is 2. The molecular weight excluding hydrogens is 1200 g/mol. The molecule has 28 heteroatoms. The highest BCUT2D eigenvalue weighted by Crippen LogP contribution is 2.38. The summed E-state index contributed by atoms with van der Waals surface area (Å²) in [5.41, 5.74) is 15.8. The molecule has 9 rings (SSSR count). The Balaban J connectivity index is 0.000000239. The summed E-state index contributed by atoms with van der Waals surface area (Å²) < 4.78 is 97.6. The van der Waals surface area contributed by atoms with Gasteiger partial charge < -0.3 is 60.9 Å². The number of likely N-dealkylation sites (tertiary alicyclic amines) is 2. The summed E-state index contributed by atoms with van der Waals surface area (Å²) in [5, 5.41) is 25.5. The minimum Gasteiger partial charge on any atom is -0.399 e. The molecule has 0 saturated carbocycles. The van der Waals surface area contributed by atoms with Crippen LogP contribution in [0.1, 0.15) is 118 Å². The fourth-order valence-electron chi connectivity index (χ4n) is 10.4. The maximum Gasteiger partial charge on any atom is 0.495 e. The van der Waals surface area contributed by atoms with Gasteiger partial charge in [0.15, 0.2) is 0 Å². The number of alkyl halides is 6. The number of nitrogen functional groups attached to an aromatic ring is 2. The number of nitrogens with two attached hydrogens (primary N) is 2. The number of nitrogens with zero attached hydrogens (tertiary/aromatic N) is 6. The number of β-amino-alcohol motifs (C(OH)–C–C–N with tert-alkyl or cyclic N) is 2. The Kier molecular flexibility index (Phi) is 27.4. The SMILES string of the molecule is CCOCC.CCOCC.Cc1ccc(NC(=O)N2CC[C@@H](CC(F)(F)F)C2)cc1-c1cc(N)nc(N2CC(O)CCC2=O)c1.Cc1ccc(NC(=O)N2CC[C@@H](CC(F)(F)F)C2)cc1B1OC(C)(C)C(C)(C)O1.Nc1cc(Cl)cc(N2CC(O)CCC2=O)n1. The largest absolute Gasteiger partial charge is 0.495 e. The summed E-state index contributed by atoms with van der Waals surface area (Å²) in [6.07, 6.45) is -9.25. The van der Waals surface area contributed by atoms with Gasteiger partial charge in [0.1, 0.15) is 23.3 Å². The first kappa shape index (κ1) is 74.2. The molecule has 8 N–H and O–H groups in total. The average molecular weight is 1290 g/mol. The number of pyridine rings is 2. The Bertz CT molecular complexity index is 2990. The lowest BCUT2D eigenvalue weighted by Gasteiger charge is -2.32. The fourth-order valence-corrected chi connectivity index (χ4v) is 10.6. The van der Waals surface area contributed by atoms with Crippen molar-refractivity contribution in [1.82, 2.24) is 19.8 Å². The molecule has 0 bridgehead atoms. The van der Waals surface area contributed by atoms with Crippen LogP contribution in [0.2, 0.25) is 5.02 Å². The summed E-state index contributed by atoms with van der Waals surface area (Å²) in [5.74, 6) is -0.157. The molecule has 2 aromatic heterocycles. The van der Waals surface area contributed by atoms with Gasteiger partial charge in [-0.05, 0) is 177 Å². The first-order chi connectivity index (χ1) is 42.1. The molecule has 0 spiro atoms. The normalized spacial score (nSPS) is 20.4. The highest BCUT2D eigenvalue weighted by atomic mass is 35.5. The van der Waals surface area contributed by atoms with Gasteiger partial charge in [0.2, 0.25) is 11.8 Å². The van der Waals surface area contributed by atoms with Crippen molar-refractivity contribution in [3.05, 3.63) is 76.8 Å². The molecular formula is C62H88BClF6N10O10. The quantitative estimate of drug-likeness (QED) is 0.0570. The molecule has 5 fully saturated rings. The summed E-state index contributed by atoms with van der Waals surface area (Å²) in [4.78, 5) is 63.2. The number of ether oxygens (including phenoxy) is 2. The second kappa shape index (κ2) is 33.2. The van der Waals surface area contributed by atoms with E-state index >= 15 is 0 Å². The van der Waals surface area contributed by atoms with Crippen molar-refractivity contribution in [3.8, 4) is 11.1 Å². The van der Waals surface area contributed by atoms with Gasteiger partial charge in [-0.1, -0.05) is 29.3 Å². The Morgan fingerprint density at radius 3 is 1.49 bits per heavy atom. The summed E-state index contributed by atoms with van der Waals surface area (Å²) in [7, 11) is -0.556. The van der Waals surface area contributed by atoms with Gasteiger partial charge >= 0.3 is 31.5 Å². The molecule has 4 atom stereocenters. The molecule has 2 unspecified atom stereocenters. The smallest absolute Gasteiger partial charge is 0.399 e. The number of halogens is 7. The molecule has 7 heterocycles. The zero-order chi connectivity index (χ0) is 66.9. The number of anilines is 6. The molecule has 5 aliphatic rings. The van der Waals surface area contributed by atoms with Gasteiger partial charge in [-0.3, -0.25) is 19.4 Å². The number of rotatable bonds is 12. The van der Waals surface area contributed by atoms with Crippen LogP contribution in [-0.2, 0) is 28.4 Å². The highest BCUT2D eigenvalue weighted by Gasteiger charge is 2.52. The molecule has 20 nitrogen and oxygen atoms in total. The van der Waals surface area contributed by atoms with Crippen molar-refractivity contribution in [2.45, 2.75) is 156 Å². The number of aromatic nitrogens is 2. The first-order valence-corrected chi connectivity index (χ1v) is 30.7. The number of amides is 6. The molecule has 0 radical (unpaired) electrons. The van der Waals surface area contributed by atoms with E-state index in [1.165, 1.54) is 25.7 Å². The average Bonchev–Trinajstić information content (AvgIpc) is 1.65. The molecule has 2 aromatic carbocycles. The van der Waals surface area contributed by atoms with E-state index in [4.69, 9.17) is 41.9 Å². The van der Waals surface area contributed by atoms with E-state index in [-0.39, 0.29) is 62.6 Å². The third-order valence-electron chi connectivity index (χ3n) is 15.8. The van der Waals surface area contributed by atoms with Gasteiger partial charge in [-0.15, -0.1) is 0 Å². The zero-order valence-electron chi connectivity index (χ0n) is 53.0. The molecule has 0 aliphatic carbocycles. The Morgan fingerprint density at radius 1 is 0.644 bits per heavy atom. The van der Waals surface area contributed by atoms with Crippen LogP contribution in [0.25, 0.3) is 11.1 Å². The summed E-state index contributed by atoms with van der Waals surface area (Å²) in [6, 6.07) is 16.3. The molecule has 6 amide bonds. The van der Waals surface area contributed by atoms with Crippen LogP contribution in [0.5, 0.6) is 0 Å². The third-order valence-corrected chi connectivity index (χ3v) is 16.0. The summed E-state index contributed by atoms with van der Waals surface area (Å²) in [6.45, 7) is 24.2. The van der Waals surface area contributed by atoms with Crippen molar-refractivity contribution in [2.24, 2.45) is 11.8 Å². The number of piperidine rings is 2. The van der Waals surface area contributed by atoms with Gasteiger partial charge in [0.05, 0.1) is 36.5 Å². The Hall–Kier alpha value is -6.49. The number of aryl methyl sites for hydroxylation is 2.